The van der Waals surface area contributed by atoms with Crippen molar-refractivity contribution in [3.63, 3.8) is 0 Å². The molecule has 0 bridgehead atoms. The second-order valence-corrected chi connectivity index (χ2v) is 9.43. The molecule has 0 atom stereocenters. The van der Waals surface area contributed by atoms with Crippen LogP contribution in [0.5, 0.6) is 5.75 Å². The Balaban J connectivity index is 1.47. The maximum Gasteiger partial charge on any atom is 0.257 e. The van der Waals surface area contributed by atoms with Crippen LogP contribution in [0.3, 0.4) is 0 Å². The number of nitrogens with two attached hydrogens (primary N) is 1. The molecule has 2 saturated heterocycles. The zero-order chi connectivity index (χ0) is 27.4. The molecule has 0 aromatic heterocycles. The summed E-state index contributed by atoms with van der Waals surface area (Å²) in [6.07, 6.45) is 8.21. The van der Waals surface area contributed by atoms with E-state index in [0.29, 0.717) is 79.3 Å². The predicted molar refractivity (Wildman–Crippen MR) is 145 cm³/mol. The summed E-state index contributed by atoms with van der Waals surface area (Å²) >= 11 is 0. The van der Waals surface area contributed by atoms with Crippen LogP contribution in [0, 0.1) is 10.8 Å². The van der Waals surface area contributed by atoms with E-state index in [-0.39, 0.29) is 11.8 Å². The molecule has 4 rings (SSSR count). The van der Waals surface area contributed by atoms with Crippen molar-refractivity contribution < 1.29 is 19.1 Å². The number of piperidine rings is 1. The van der Waals surface area contributed by atoms with Crippen molar-refractivity contribution in [1.29, 1.82) is 5.41 Å². The number of rotatable bonds is 7. The lowest BCUT2D eigenvalue weighted by molar-refractivity contribution is -0.134. The molecule has 4 N–H and O–H groups in total. The number of allylic oxidation sites excluding steroid dienone is 2. The number of anilines is 1. The molecule has 1 spiro atoms. The molecule has 1 aromatic carbocycles. The lowest BCUT2D eigenvalue weighted by atomic mass is 9.77. The summed E-state index contributed by atoms with van der Waals surface area (Å²) in [5, 5.41) is 8.99. The molecule has 3 aliphatic rings. The molecule has 0 unspecified atom stereocenters. The number of likely N-dealkylation sites (tertiary alicyclic amines) is 1. The predicted octanol–water partition coefficient (Wildman–Crippen LogP) is 2.17. The largest absolute Gasteiger partial charge is 0.496 e. The third kappa shape index (κ3) is 4.67. The molecule has 200 valence electrons. The summed E-state index contributed by atoms with van der Waals surface area (Å²) in [6, 6.07) is 5.45. The van der Waals surface area contributed by atoms with Gasteiger partial charge in [-0.2, -0.15) is 0 Å². The van der Waals surface area contributed by atoms with Crippen molar-refractivity contribution in [1.82, 2.24) is 15.3 Å². The highest BCUT2D eigenvalue weighted by atomic mass is 16.5. The zero-order valence-electron chi connectivity index (χ0n) is 21.9. The number of benzene rings is 1. The molecule has 1 aromatic rings. The van der Waals surface area contributed by atoms with Gasteiger partial charge in [-0.1, -0.05) is 0 Å². The number of amides is 3. The smallest absolute Gasteiger partial charge is 0.257 e. The number of nitrogens with one attached hydrogen (secondary N) is 2. The van der Waals surface area contributed by atoms with Crippen LogP contribution in [0.4, 0.5) is 5.69 Å². The molecular formula is C27H33N7O4. The lowest BCUT2D eigenvalue weighted by Crippen LogP contribution is -2.48. The average Bonchev–Trinajstić information content (AvgIpc) is 3.25. The first kappa shape index (κ1) is 26.6. The average molecular weight is 520 g/mol. The van der Waals surface area contributed by atoms with Crippen LogP contribution < -0.4 is 20.8 Å². The maximum absolute atomic E-state index is 13.7. The lowest BCUT2D eigenvalue weighted by Gasteiger charge is -2.38. The Hall–Kier alpha value is -4.41. The van der Waals surface area contributed by atoms with Gasteiger partial charge in [0.1, 0.15) is 11.6 Å². The summed E-state index contributed by atoms with van der Waals surface area (Å²) in [6.45, 7) is 5.05. The molecular weight excluding hydrogens is 486 g/mol. The van der Waals surface area contributed by atoms with Crippen LogP contribution in [0.25, 0.3) is 5.57 Å². The molecule has 2 fully saturated rings. The third-order valence-corrected chi connectivity index (χ3v) is 7.52. The Morgan fingerprint density at radius 1 is 1.24 bits per heavy atom. The normalized spacial score (nSPS) is 20.4. The van der Waals surface area contributed by atoms with Crippen LogP contribution in [-0.2, 0) is 14.4 Å². The van der Waals surface area contributed by atoms with Crippen LogP contribution in [0.1, 0.15) is 38.7 Å². The summed E-state index contributed by atoms with van der Waals surface area (Å²) < 4.78 is 5.52. The Kier molecular flexibility index (Phi) is 7.65. The highest BCUT2D eigenvalue weighted by Gasteiger charge is 2.49. The fraction of sp³-hybridized carbons (Fsp3) is 0.370. The van der Waals surface area contributed by atoms with Crippen molar-refractivity contribution in [2.75, 3.05) is 31.6 Å². The first-order valence-corrected chi connectivity index (χ1v) is 12.5. The van der Waals surface area contributed by atoms with Gasteiger partial charge in [-0.05, 0) is 51.3 Å². The van der Waals surface area contributed by atoms with E-state index in [1.54, 1.807) is 55.2 Å². The Labute approximate surface area is 221 Å². The van der Waals surface area contributed by atoms with Gasteiger partial charge in [-0.3, -0.25) is 19.8 Å². The van der Waals surface area contributed by atoms with E-state index in [4.69, 9.17) is 15.9 Å². The number of hydrogen-bond acceptors (Lipinski definition) is 8. The minimum absolute atomic E-state index is 0.0507. The van der Waals surface area contributed by atoms with E-state index in [2.05, 4.69) is 10.4 Å². The Morgan fingerprint density at radius 3 is 2.55 bits per heavy atom. The fourth-order valence-corrected chi connectivity index (χ4v) is 5.29. The molecule has 3 heterocycles. The summed E-state index contributed by atoms with van der Waals surface area (Å²) in [5.74, 6) is 0.938. The number of carbonyl (C=O) groups is 3. The quantitative estimate of drug-likeness (QED) is 0.372. The second kappa shape index (κ2) is 10.9. The zero-order valence-corrected chi connectivity index (χ0v) is 21.9. The van der Waals surface area contributed by atoms with Gasteiger partial charge in [0.25, 0.3) is 5.91 Å². The third-order valence-electron chi connectivity index (χ3n) is 7.52. The summed E-state index contributed by atoms with van der Waals surface area (Å²) in [5.41, 5.74) is 10.6. The van der Waals surface area contributed by atoms with Crippen LogP contribution in [0.15, 0.2) is 53.1 Å². The van der Waals surface area contributed by atoms with Crippen molar-refractivity contribution in [2.45, 2.75) is 33.1 Å². The van der Waals surface area contributed by atoms with Gasteiger partial charge in [0.05, 0.1) is 23.8 Å². The van der Waals surface area contributed by atoms with Gasteiger partial charge in [0.2, 0.25) is 12.3 Å². The number of hydrazine groups is 1. The minimum atomic E-state index is -0.521. The molecule has 3 aliphatic heterocycles. The standard InChI is InChI=1S/C27H33N7O4/c1-4-24-31-18(2)22(16-34(24)30-17-35)25(36)32-10-7-27(8-11-32)9-12-33(26(27)37)20-5-6-21(19(14-28)15-29)23(13-20)38-3/h4-6,13-17,28H,7-12,29H2,1-3H3,(H,30,35)/b19-15+,24-4-,28-14?. The fourth-order valence-electron chi connectivity index (χ4n) is 5.29. The highest BCUT2D eigenvalue weighted by molar-refractivity contribution is 6.21. The second-order valence-electron chi connectivity index (χ2n) is 9.43. The van der Waals surface area contributed by atoms with Crippen LogP contribution >= 0.6 is 0 Å². The number of aliphatic imine (C=N–C) groups is 1. The van der Waals surface area contributed by atoms with E-state index in [1.165, 1.54) is 11.2 Å². The van der Waals surface area contributed by atoms with Gasteiger partial charge in [-0.15, -0.1) is 0 Å². The van der Waals surface area contributed by atoms with Gasteiger partial charge in [-0.25, -0.2) is 10.0 Å². The van der Waals surface area contributed by atoms with E-state index in [1.807, 2.05) is 6.07 Å². The highest BCUT2D eigenvalue weighted by Crippen LogP contribution is 2.44. The minimum Gasteiger partial charge on any atom is -0.496 e. The number of nitrogens with zero attached hydrogens (tertiary/aromatic N) is 4. The number of ether oxygens (including phenoxy) is 1. The SMILES string of the molecule is C/C=C1/N=C(C)C(C(=O)N2CCC3(CC2)CCN(c2ccc(/C(C=N)=C/N)c(OC)c2)C3=O)=CN1NC=O. The van der Waals surface area contributed by atoms with Gasteiger partial charge in [0, 0.05) is 61.1 Å². The van der Waals surface area contributed by atoms with Crippen molar-refractivity contribution in [3.05, 3.63) is 53.6 Å². The number of methoxy groups -OCH3 is 1. The molecule has 0 saturated carbocycles. The topological polar surface area (TPSA) is 144 Å². The Morgan fingerprint density at radius 2 is 1.95 bits per heavy atom. The van der Waals surface area contributed by atoms with Crippen molar-refractivity contribution >= 4 is 41.4 Å². The van der Waals surface area contributed by atoms with Crippen LogP contribution in [-0.4, -0.2) is 66.8 Å². The molecule has 3 amide bonds. The summed E-state index contributed by atoms with van der Waals surface area (Å²) in [7, 11) is 1.54. The number of hydrogen-bond donors (Lipinski definition) is 3. The van der Waals surface area contributed by atoms with E-state index in [0.717, 1.165) is 11.9 Å². The van der Waals surface area contributed by atoms with Crippen molar-refractivity contribution in [3.8, 4) is 5.75 Å². The molecule has 11 nitrogen and oxygen atoms in total. The van der Waals surface area contributed by atoms with Crippen LogP contribution in [0.2, 0.25) is 0 Å². The van der Waals surface area contributed by atoms with E-state index < -0.39 is 5.41 Å². The maximum atomic E-state index is 13.7. The van der Waals surface area contributed by atoms with Gasteiger partial charge in [0.15, 0.2) is 0 Å². The van der Waals surface area contributed by atoms with Gasteiger partial charge >= 0.3 is 0 Å². The molecule has 0 aliphatic carbocycles. The molecule has 11 heteroatoms. The Bertz CT molecular complexity index is 1270. The van der Waals surface area contributed by atoms with Gasteiger partial charge < -0.3 is 25.7 Å². The molecule has 0 radical (unpaired) electrons. The van der Waals surface area contributed by atoms with E-state index >= 15 is 0 Å². The monoisotopic (exact) mass is 519 g/mol. The first-order chi connectivity index (χ1) is 18.3. The van der Waals surface area contributed by atoms with Crippen molar-refractivity contribution in [2.24, 2.45) is 16.1 Å². The van der Waals surface area contributed by atoms with E-state index in [9.17, 15) is 14.4 Å². The molecule has 38 heavy (non-hydrogen) atoms. The number of carbonyl (C=O) groups excluding carboxylic acids is 3. The summed E-state index contributed by atoms with van der Waals surface area (Å²) in [4.78, 5) is 46.0. The first-order valence-electron chi connectivity index (χ1n) is 12.5.